The van der Waals surface area contributed by atoms with Gasteiger partial charge in [0.25, 0.3) is 5.91 Å². The molecule has 0 rings (SSSR count). The van der Waals surface area contributed by atoms with Crippen molar-refractivity contribution in [1.29, 1.82) is 0 Å². The van der Waals surface area contributed by atoms with Crippen LogP contribution >= 0.6 is 0 Å². The Morgan fingerprint density at radius 1 is 1.58 bits per heavy atom. The Bertz CT molecular complexity index is 141. The second-order valence-electron chi connectivity index (χ2n) is 2.41. The molecule has 0 aromatic heterocycles. The number of hydrogen-bond donors (Lipinski definition) is 0. The third kappa shape index (κ3) is 4.23. The van der Waals surface area contributed by atoms with Crippen molar-refractivity contribution in [3.05, 3.63) is 0 Å². The fourth-order valence-electron chi connectivity index (χ4n) is 0.723. The first kappa shape index (κ1) is 11.3. The van der Waals surface area contributed by atoms with Crippen LogP contribution in [-0.2, 0) is 9.53 Å². The summed E-state index contributed by atoms with van der Waals surface area (Å²) < 4.78 is 28.2. The first-order valence-electron chi connectivity index (χ1n) is 3.61. The van der Waals surface area contributed by atoms with E-state index in [2.05, 4.69) is 0 Å². The van der Waals surface area contributed by atoms with Crippen LogP contribution in [0, 0.1) is 0 Å². The minimum atomic E-state index is -2.91. The molecule has 0 bridgehead atoms. The van der Waals surface area contributed by atoms with Crippen LogP contribution in [0.5, 0.6) is 0 Å². The number of halogens is 2. The number of alkyl halides is 2. The Hall–Kier alpha value is -0.710. The van der Waals surface area contributed by atoms with Crippen molar-refractivity contribution in [2.75, 3.05) is 27.3 Å². The van der Waals surface area contributed by atoms with Gasteiger partial charge in [0.1, 0.15) is 0 Å². The van der Waals surface area contributed by atoms with E-state index in [4.69, 9.17) is 4.74 Å². The van der Waals surface area contributed by atoms with E-state index < -0.39 is 12.3 Å². The summed E-state index contributed by atoms with van der Waals surface area (Å²) in [6.07, 6.45) is -2.33. The summed E-state index contributed by atoms with van der Waals surface area (Å²) in [5, 5.41) is 0. The number of hydrogen-bond acceptors (Lipinski definition) is 2. The lowest BCUT2D eigenvalue weighted by Gasteiger charge is -2.15. The van der Waals surface area contributed by atoms with E-state index in [-0.39, 0.29) is 0 Å². The average molecular weight is 181 g/mol. The lowest BCUT2D eigenvalue weighted by molar-refractivity contribution is -0.141. The van der Waals surface area contributed by atoms with Gasteiger partial charge in [0.05, 0.1) is 0 Å². The largest absolute Gasteiger partial charge is 0.385 e. The van der Waals surface area contributed by atoms with Crippen molar-refractivity contribution in [2.24, 2.45) is 0 Å². The van der Waals surface area contributed by atoms with Gasteiger partial charge in [-0.3, -0.25) is 4.79 Å². The summed E-state index contributed by atoms with van der Waals surface area (Å²) in [5.41, 5.74) is 0. The van der Waals surface area contributed by atoms with Crippen molar-refractivity contribution < 1.29 is 18.3 Å². The highest BCUT2D eigenvalue weighted by atomic mass is 19.3. The molecule has 0 saturated heterocycles. The van der Waals surface area contributed by atoms with Crippen molar-refractivity contribution in [3.8, 4) is 0 Å². The SMILES string of the molecule is COCCCN(C)C(=O)C(F)F. The first-order chi connectivity index (χ1) is 5.59. The molecule has 0 aromatic carbocycles. The summed E-state index contributed by atoms with van der Waals surface area (Å²) in [6, 6.07) is 0. The molecular weight excluding hydrogens is 168 g/mol. The van der Waals surface area contributed by atoms with Crippen molar-refractivity contribution >= 4 is 5.91 Å². The second kappa shape index (κ2) is 5.88. The molecule has 0 aromatic rings. The van der Waals surface area contributed by atoms with Gasteiger partial charge >= 0.3 is 6.43 Å². The van der Waals surface area contributed by atoms with Gasteiger partial charge in [-0.05, 0) is 6.42 Å². The number of ether oxygens (including phenoxy) is 1. The zero-order valence-electron chi connectivity index (χ0n) is 7.22. The molecule has 5 heteroatoms. The predicted molar refractivity (Wildman–Crippen MR) is 40.1 cm³/mol. The molecule has 0 unspecified atom stereocenters. The number of nitrogens with zero attached hydrogens (tertiary/aromatic N) is 1. The monoisotopic (exact) mass is 181 g/mol. The summed E-state index contributed by atoms with van der Waals surface area (Å²) in [4.78, 5) is 11.6. The van der Waals surface area contributed by atoms with Gasteiger partial charge in [-0.15, -0.1) is 0 Å². The van der Waals surface area contributed by atoms with Crippen molar-refractivity contribution in [1.82, 2.24) is 4.90 Å². The maximum absolute atomic E-state index is 11.8. The van der Waals surface area contributed by atoms with E-state index in [1.165, 1.54) is 14.2 Å². The number of carbonyl (C=O) groups excluding carboxylic acids is 1. The molecule has 0 aliphatic heterocycles. The summed E-state index contributed by atoms with van der Waals surface area (Å²) in [6.45, 7) is 0.776. The molecule has 0 spiro atoms. The second-order valence-corrected chi connectivity index (χ2v) is 2.41. The maximum atomic E-state index is 11.8. The van der Waals surface area contributed by atoms with Crippen LogP contribution in [0.3, 0.4) is 0 Å². The third-order valence-electron chi connectivity index (χ3n) is 1.40. The van der Waals surface area contributed by atoms with E-state index in [0.29, 0.717) is 19.6 Å². The molecule has 0 atom stereocenters. The number of carbonyl (C=O) groups is 1. The first-order valence-corrected chi connectivity index (χ1v) is 3.61. The zero-order chi connectivity index (χ0) is 9.56. The average Bonchev–Trinajstić information content (AvgIpc) is 2.03. The third-order valence-corrected chi connectivity index (χ3v) is 1.40. The molecule has 0 aliphatic carbocycles. The summed E-state index contributed by atoms with van der Waals surface area (Å²) in [7, 11) is 2.87. The lowest BCUT2D eigenvalue weighted by Crippen LogP contribution is -2.33. The highest BCUT2D eigenvalue weighted by Crippen LogP contribution is 1.99. The molecule has 0 fully saturated rings. The molecule has 0 saturated carbocycles. The van der Waals surface area contributed by atoms with Gasteiger partial charge in [0, 0.05) is 27.3 Å². The summed E-state index contributed by atoms with van der Waals surface area (Å²) >= 11 is 0. The van der Waals surface area contributed by atoms with E-state index in [9.17, 15) is 13.6 Å². The topological polar surface area (TPSA) is 29.5 Å². The number of amides is 1. The van der Waals surface area contributed by atoms with Gasteiger partial charge in [0.2, 0.25) is 0 Å². The van der Waals surface area contributed by atoms with Gasteiger partial charge in [-0.2, -0.15) is 8.78 Å². The Balaban J connectivity index is 3.57. The number of methoxy groups -OCH3 is 1. The maximum Gasteiger partial charge on any atom is 0.315 e. The van der Waals surface area contributed by atoms with E-state index in [1.807, 2.05) is 0 Å². The Kier molecular flexibility index (Phi) is 5.53. The van der Waals surface area contributed by atoms with Crippen molar-refractivity contribution in [2.45, 2.75) is 12.8 Å². The predicted octanol–water partition coefficient (Wildman–Crippen LogP) is 0.746. The molecule has 0 aliphatic rings. The van der Waals surface area contributed by atoms with E-state index >= 15 is 0 Å². The van der Waals surface area contributed by atoms with Gasteiger partial charge in [-0.25, -0.2) is 0 Å². The van der Waals surface area contributed by atoms with E-state index in [1.54, 1.807) is 0 Å². The van der Waals surface area contributed by atoms with Gasteiger partial charge in [0.15, 0.2) is 0 Å². The molecule has 72 valence electrons. The fourth-order valence-corrected chi connectivity index (χ4v) is 0.723. The van der Waals surface area contributed by atoms with Crippen LogP contribution in [0.4, 0.5) is 8.78 Å². The van der Waals surface area contributed by atoms with Crippen molar-refractivity contribution in [3.63, 3.8) is 0 Å². The molecule has 0 radical (unpaired) electrons. The molecule has 1 amide bonds. The normalized spacial score (nSPS) is 10.4. The van der Waals surface area contributed by atoms with Crippen LogP contribution in [0.15, 0.2) is 0 Å². The standard InChI is InChI=1S/C7H13F2NO2/c1-10(4-3-5-12-2)7(11)6(8)9/h6H,3-5H2,1-2H3. The minimum absolute atomic E-state index is 0.303. The Morgan fingerprint density at radius 3 is 2.58 bits per heavy atom. The Labute approximate surface area is 70.3 Å². The lowest BCUT2D eigenvalue weighted by atomic mass is 10.4. The highest BCUT2D eigenvalue weighted by Gasteiger charge is 2.19. The van der Waals surface area contributed by atoms with Crippen LogP contribution in [0.2, 0.25) is 0 Å². The highest BCUT2D eigenvalue weighted by molar-refractivity contribution is 5.78. The van der Waals surface area contributed by atoms with Crippen LogP contribution in [-0.4, -0.2) is 44.5 Å². The molecule has 12 heavy (non-hydrogen) atoms. The zero-order valence-corrected chi connectivity index (χ0v) is 7.22. The molecule has 0 heterocycles. The molecule has 0 N–H and O–H groups in total. The van der Waals surface area contributed by atoms with Crippen LogP contribution in [0.1, 0.15) is 6.42 Å². The van der Waals surface area contributed by atoms with Gasteiger partial charge in [-0.1, -0.05) is 0 Å². The smallest absolute Gasteiger partial charge is 0.315 e. The summed E-state index contributed by atoms with van der Waals surface area (Å²) in [5.74, 6) is -1.13. The quantitative estimate of drug-likeness (QED) is 0.585. The van der Waals surface area contributed by atoms with Crippen LogP contribution < -0.4 is 0 Å². The molecular formula is C7H13F2NO2. The molecule has 3 nitrogen and oxygen atoms in total. The number of rotatable bonds is 5. The minimum Gasteiger partial charge on any atom is -0.385 e. The van der Waals surface area contributed by atoms with Gasteiger partial charge < -0.3 is 9.64 Å². The van der Waals surface area contributed by atoms with Crippen LogP contribution in [0.25, 0.3) is 0 Å². The van der Waals surface area contributed by atoms with E-state index in [0.717, 1.165) is 4.90 Å². The Morgan fingerprint density at radius 2 is 2.17 bits per heavy atom. The fraction of sp³-hybridized carbons (Fsp3) is 0.857.